The molecule has 0 amide bonds. The minimum Gasteiger partial charge on any atom is -0.497 e. The molecule has 2 heterocycles. The monoisotopic (exact) mass is 488 g/mol. The van der Waals surface area contributed by atoms with E-state index in [0.29, 0.717) is 30.4 Å². The molecule has 0 unspecified atom stereocenters. The van der Waals surface area contributed by atoms with Crippen LogP contribution in [0.25, 0.3) is 10.9 Å². The Kier molecular flexibility index (Phi) is 8.91. The van der Waals surface area contributed by atoms with Gasteiger partial charge in [-0.3, -0.25) is 14.7 Å². The number of pyridine rings is 1. The first-order valence-corrected chi connectivity index (χ1v) is 12.6. The minimum absolute atomic E-state index is 0.185. The Labute approximate surface area is 212 Å². The number of aliphatic carboxylic acids is 1. The van der Waals surface area contributed by atoms with Crippen LogP contribution in [0.4, 0.5) is 4.39 Å². The van der Waals surface area contributed by atoms with Crippen LogP contribution in [0, 0.1) is 29.5 Å². The topological polar surface area (TPSA) is 62.7 Å². The van der Waals surface area contributed by atoms with Crippen molar-refractivity contribution in [2.24, 2.45) is 11.8 Å². The lowest BCUT2D eigenvalue weighted by Gasteiger charge is -2.38. The number of fused-ring (bicyclic) bond motifs is 1. The summed E-state index contributed by atoms with van der Waals surface area (Å²) >= 11 is 0. The lowest BCUT2D eigenvalue weighted by Crippen LogP contribution is -2.41. The van der Waals surface area contributed by atoms with Crippen molar-refractivity contribution < 1.29 is 19.0 Å². The van der Waals surface area contributed by atoms with Gasteiger partial charge in [-0.05, 0) is 92.4 Å². The van der Waals surface area contributed by atoms with Crippen LogP contribution in [-0.4, -0.2) is 47.7 Å². The van der Waals surface area contributed by atoms with E-state index < -0.39 is 5.97 Å². The first kappa shape index (κ1) is 25.7. The van der Waals surface area contributed by atoms with E-state index in [2.05, 4.69) is 27.8 Å². The zero-order valence-electron chi connectivity index (χ0n) is 20.8. The number of carboxylic acid groups (broad SMARTS) is 1. The second-order valence-electron chi connectivity index (χ2n) is 9.50. The molecule has 188 valence electrons. The van der Waals surface area contributed by atoms with Gasteiger partial charge in [-0.2, -0.15) is 0 Å². The van der Waals surface area contributed by atoms with Crippen LogP contribution in [0.2, 0.25) is 0 Å². The van der Waals surface area contributed by atoms with Crippen LogP contribution >= 0.6 is 0 Å². The van der Waals surface area contributed by atoms with Crippen molar-refractivity contribution in [2.75, 3.05) is 26.7 Å². The van der Waals surface area contributed by atoms with Crippen LogP contribution in [-0.2, 0) is 11.2 Å². The smallest absolute Gasteiger partial charge is 0.303 e. The van der Waals surface area contributed by atoms with Gasteiger partial charge < -0.3 is 9.84 Å². The molecule has 36 heavy (non-hydrogen) atoms. The Balaban J connectivity index is 1.36. The van der Waals surface area contributed by atoms with Crippen LogP contribution in [0.15, 0.2) is 54.7 Å². The molecule has 1 saturated heterocycles. The number of rotatable bonds is 9. The maximum absolute atomic E-state index is 13.8. The Hall–Kier alpha value is -3.43. The van der Waals surface area contributed by atoms with E-state index in [9.17, 15) is 14.3 Å². The molecule has 0 spiro atoms. The van der Waals surface area contributed by atoms with Crippen LogP contribution in [0.1, 0.15) is 43.2 Å². The van der Waals surface area contributed by atoms with Gasteiger partial charge in [0.15, 0.2) is 0 Å². The Morgan fingerprint density at radius 3 is 2.86 bits per heavy atom. The molecule has 0 saturated carbocycles. The number of aromatic nitrogens is 1. The van der Waals surface area contributed by atoms with Crippen LogP contribution in [0.3, 0.4) is 0 Å². The van der Waals surface area contributed by atoms with Crippen molar-refractivity contribution in [3.63, 3.8) is 0 Å². The Bertz CT molecular complexity index is 1250. The number of hydrogen-bond acceptors (Lipinski definition) is 4. The highest BCUT2D eigenvalue weighted by atomic mass is 19.1. The molecule has 0 radical (unpaired) electrons. The van der Waals surface area contributed by atoms with E-state index in [-0.39, 0.29) is 12.2 Å². The molecule has 0 aliphatic carbocycles. The minimum atomic E-state index is -0.748. The number of carboxylic acids is 1. The maximum Gasteiger partial charge on any atom is 0.303 e. The number of likely N-dealkylation sites (tertiary alicyclic amines) is 1. The number of benzene rings is 2. The van der Waals surface area contributed by atoms with Gasteiger partial charge in [0.1, 0.15) is 11.6 Å². The van der Waals surface area contributed by atoms with Crippen molar-refractivity contribution in [2.45, 2.75) is 38.5 Å². The summed E-state index contributed by atoms with van der Waals surface area (Å²) in [5, 5.41) is 10.4. The number of ether oxygens (including phenoxy) is 1. The predicted octanol–water partition coefficient (Wildman–Crippen LogP) is 5.56. The quantitative estimate of drug-likeness (QED) is 0.400. The largest absolute Gasteiger partial charge is 0.497 e. The van der Waals surface area contributed by atoms with E-state index in [0.717, 1.165) is 55.4 Å². The Morgan fingerprint density at radius 1 is 1.19 bits per heavy atom. The van der Waals surface area contributed by atoms with Gasteiger partial charge >= 0.3 is 5.97 Å². The highest BCUT2D eigenvalue weighted by molar-refractivity contribution is 5.83. The van der Waals surface area contributed by atoms with E-state index in [1.54, 1.807) is 25.3 Å². The number of methoxy groups -OCH3 is 1. The van der Waals surface area contributed by atoms with Gasteiger partial charge in [-0.15, -0.1) is 0 Å². The van der Waals surface area contributed by atoms with Crippen molar-refractivity contribution in [1.82, 2.24) is 9.88 Å². The number of halogens is 1. The van der Waals surface area contributed by atoms with Crippen molar-refractivity contribution >= 4 is 16.9 Å². The summed E-state index contributed by atoms with van der Waals surface area (Å²) in [6, 6.07) is 14.6. The van der Waals surface area contributed by atoms with Gasteiger partial charge in [-0.1, -0.05) is 24.0 Å². The molecule has 3 aromatic rings. The fourth-order valence-electron chi connectivity index (χ4n) is 5.21. The second-order valence-corrected chi connectivity index (χ2v) is 9.50. The van der Waals surface area contributed by atoms with Crippen LogP contribution < -0.4 is 4.74 Å². The molecular weight excluding hydrogens is 455 g/mol. The van der Waals surface area contributed by atoms with E-state index >= 15 is 0 Å². The third-order valence-corrected chi connectivity index (χ3v) is 7.16. The lowest BCUT2D eigenvalue weighted by molar-refractivity contribution is -0.137. The molecule has 6 heteroatoms. The SMILES string of the molecule is COc1ccc2nccc(CCC[C@@H]3CCN(CC#Cc4ccccc4F)C[C@@H]3CCC(=O)O)c2c1. The Morgan fingerprint density at radius 2 is 2.06 bits per heavy atom. The van der Waals surface area contributed by atoms with E-state index in [1.807, 2.05) is 24.4 Å². The lowest BCUT2D eigenvalue weighted by atomic mass is 9.79. The van der Waals surface area contributed by atoms with E-state index in [4.69, 9.17) is 4.74 Å². The average Bonchev–Trinajstić information content (AvgIpc) is 2.89. The van der Waals surface area contributed by atoms with Crippen molar-refractivity contribution in [3.05, 3.63) is 71.7 Å². The summed E-state index contributed by atoms with van der Waals surface area (Å²) in [6.07, 6.45) is 6.80. The summed E-state index contributed by atoms with van der Waals surface area (Å²) in [5.41, 5.74) is 2.65. The average molecular weight is 489 g/mol. The van der Waals surface area contributed by atoms with E-state index in [1.165, 1.54) is 11.6 Å². The molecule has 1 aromatic heterocycles. The van der Waals surface area contributed by atoms with Crippen molar-refractivity contribution in [1.29, 1.82) is 0 Å². The highest BCUT2D eigenvalue weighted by Gasteiger charge is 2.29. The van der Waals surface area contributed by atoms with Crippen LogP contribution in [0.5, 0.6) is 5.75 Å². The summed E-state index contributed by atoms with van der Waals surface area (Å²) < 4.78 is 19.2. The van der Waals surface area contributed by atoms with Gasteiger partial charge in [0, 0.05) is 24.5 Å². The highest BCUT2D eigenvalue weighted by Crippen LogP contribution is 2.32. The molecule has 1 aliphatic heterocycles. The molecule has 5 nitrogen and oxygen atoms in total. The molecule has 4 rings (SSSR count). The number of nitrogens with zero attached hydrogens (tertiary/aromatic N) is 2. The second kappa shape index (κ2) is 12.5. The normalized spacial score (nSPS) is 17.9. The number of carbonyl (C=O) groups is 1. The zero-order chi connectivity index (χ0) is 25.3. The van der Waals surface area contributed by atoms with Gasteiger partial charge in [0.05, 0.1) is 24.7 Å². The molecule has 1 aliphatic rings. The van der Waals surface area contributed by atoms with Gasteiger partial charge in [0.25, 0.3) is 0 Å². The fraction of sp³-hybridized carbons (Fsp3) is 0.400. The summed E-state index contributed by atoms with van der Waals surface area (Å²) in [7, 11) is 1.67. The summed E-state index contributed by atoms with van der Waals surface area (Å²) in [6.45, 7) is 2.32. The fourth-order valence-corrected chi connectivity index (χ4v) is 5.21. The third kappa shape index (κ3) is 6.83. The standard InChI is InChI=1S/C30H33FN2O3/c1-36-26-12-13-29-27(20-26)23(15-17-32-29)8-4-7-22-16-19-33(21-25(22)11-14-30(34)35)18-5-9-24-6-2-3-10-28(24)31/h2-3,6,10,12-13,15,17,20,22,25H,4,7-8,11,14,16,18-19,21H2,1H3,(H,34,35)/t22-,25+/m1/s1. The predicted molar refractivity (Wildman–Crippen MR) is 139 cm³/mol. The van der Waals surface area contributed by atoms with Gasteiger partial charge in [0.2, 0.25) is 0 Å². The summed E-state index contributed by atoms with van der Waals surface area (Å²) in [5.74, 6) is 6.63. The molecule has 1 N–H and O–H groups in total. The van der Waals surface area contributed by atoms with Gasteiger partial charge in [-0.25, -0.2) is 4.39 Å². The third-order valence-electron chi connectivity index (χ3n) is 7.16. The molecular formula is C30H33FN2O3. The molecule has 2 atom stereocenters. The maximum atomic E-state index is 13.8. The number of piperidine rings is 1. The first-order chi connectivity index (χ1) is 17.5. The molecule has 1 fully saturated rings. The zero-order valence-corrected chi connectivity index (χ0v) is 20.8. The first-order valence-electron chi connectivity index (χ1n) is 12.6. The number of hydrogen-bond donors (Lipinski definition) is 1. The summed E-state index contributed by atoms with van der Waals surface area (Å²) in [4.78, 5) is 18.0. The van der Waals surface area contributed by atoms with Crippen molar-refractivity contribution in [3.8, 4) is 17.6 Å². The molecule has 0 bridgehead atoms. The molecule has 2 aromatic carbocycles. The number of aryl methyl sites for hydroxylation is 1.